The van der Waals surface area contributed by atoms with Crippen molar-refractivity contribution in [2.24, 2.45) is 0 Å². The van der Waals surface area contributed by atoms with Gasteiger partial charge in [0.05, 0.1) is 11.4 Å². The molecule has 3 heterocycles. The molecule has 2 amide bonds. The Bertz CT molecular complexity index is 1370. The van der Waals surface area contributed by atoms with Crippen molar-refractivity contribution in [2.45, 2.75) is 64.8 Å². The first-order valence-electron chi connectivity index (χ1n) is 12.4. The van der Waals surface area contributed by atoms with Gasteiger partial charge in [-0.1, -0.05) is 33.1 Å². The fourth-order valence-corrected chi connectivity index (χ4v) is 5.22. The zero-order chi connectivity index (χ0) is 25.6. The molecular formula is C28H29FN4O3. The van der Waals surface area contributed by atoms with Crippen molar-refractivity contribution >= 4 is 23.1 Å². The van der Waals surface area contributed by atoms with Gasteiger partial charge >= 0.3 is 5.91 Å². The van der Waals surface area contributed by atoms with Crippen molar-refractivity contribution in [3.05, 3.63) is 71.4 Å². The lowest BCUT2D eigenvalue weighted by atomic mass is 9.94. The third-order valence-corrected chi connectivity index (χ3v) is 6.98. The summed E-state index contributed by atoms with van der Waals surface area (Å²) in [6.07, 6.45) is 8.02. The van der Waals surface area contributed by atoms with Crippen LogP contribution < -0.4 is 9.67 Å². The van der Waals surface area contributed by atoms with E-state index in [1.165, 1.54) is 33.8 Å². The maximum atomic E-state index is 14.0. The number of imide groups is 1. The molecule has 0 spiro atoms. The monoisotopic (exact) mass is 488 g/mol. The number of aryl methyl sites for hydroxylation is 1. The number of hydrogen-bond acceptors (Lipinski definition) is 4. The minimum Gasteiger partial charge on any atom is -0.858 e. The average Bonchev–Trinajstić information content (AvgIpc) is 3.33. The van der Waals surface area contributed by atoms with Crippen molar-refractivity contribution in [1.82, 2.24) is 14.7 Å². The standard InChI is InChI=1S/C28H29FN4O3/c1-17(2)24-22(27(35)33(30-24)21-13-11-19(29)12-14-21)23-25(31-15-7-8-18(3)16-31)28(36)32(26(23)34)20-9-5-4-6-10-20/h7-8,11-17,20H,4-6,9-10H2,1-3H3. The van der Waals surface area contributed by atoms with Crippen LogP contribution in [-0.2, 0) is 9.59 Å². The second kappa shape index (κ2) is 9.33. The Kier molecular flexibility index (Phi) is 6.20. The Balaban J connectivity index is 1.75. The van der Waals surface area contributed by atoms with Gasteiger partial charge in [-0.05, 0) is 61.9 Å². The van der Waals surface area contributed by atoms with Gasteiger partial charge < -0.3 is 5.11 Å². The van der Waals surface area contributed by atoms with Crippen molar-refractivity contribution in [2.75, 3.05) is 0 Å². The summed E-state index contributed by atoms with van der Waals surface area (Å²) < 4.78 is 16.4. The SMILES string of the molecule is Cc1ccc[n+](C2=C(c3c(C(C)C)nn(-c4ccc(F)cc4)c3[O-])C(=O)N(C3CCCCC3)C2=O)c1. The van der Waals surface area contributed by atoms with Crippen molar-refractivity contribution in [3.63, 3.8) is 0 Å². The number of pyridine rings is 1. The lowest BCUT2D eigenvalue weighted by Gasteiger charge is -2.29. The number of nitrogens with zero attached hydrogens (tertiary/aromatic N) is 4. The molecule has 5 rings (SSSR count). The minimum atomic E-state index is -0.502. The van der Waals surface area contributed by atoms with Crippen LogP contribution in [-0.4, -0.2) is 32.5 Å². The molecular weight excluding hydrogens is 459 g/mol. The molecule has 0 saturated heterocycles. The van der Waals surface area contributed by atoms with E-state index in [1.54, 1.807) is 17.0 Å². The number of halogens is 1. The molecule has 1 aliphatic heterocycles. The highest BCUT2D eigenvalue weighted by Gasteiger charge is 2.49. The molecule has 0 radical (unpaired) electrons. The van der Waals surface area contributed by atoms with Crippen molar-refractivity contribution < 1.29 is 23.7 Å². The smallest absolute Gasteiger partial charge is 0.327 e. The molecule has 1 saturated carbocycles. The Morgan fingerprint density at radius 1 is 1.06 bits per heavy atom. The van der Waals surface area contributed by atoms with E-state index < -0.39 is 17.6 Å². The molecule has 8 heteroatoms. The van der Waals surface area contributed by atoms with E-state index in [4.69, 9.17) is 0 Å². The largest absolute Gasteiger partial charge is 0.858 e. The van der Waals surface area contributed by atoms with Crippen LogP contribution in [0.15, 0.2) is 48.8 Å². The van der Waals surface area contributed by atoms with E-state index in [1.807, 2.05) is 32.9 Å². The summed E-state index contributed by atoms with van der Waals surface area (Å²) in [7, 11) is 0. The van der Waals surface area contributed by atoms with Crippen LogP contribution >= 0.6 is 0 Å². The van der Waals surface area contributed by atoms with Crippen LogP contribution in [0.25, 0.3) is 17.0 Å². The summed E-state index contributed by atoms with van der Waals surface area (Å²) in [6.45, 7) is 5.68. The average molecular weight is 489 g/mol. The predicted molar refractivity (Wildman–Crippen MR) is 130 cm³/mol. The molecule has 1 aromatic carbocycles. The Hall–Kier alpha value is -3.81. The third-order valence-electron chi connectivity index (χ3n) is 6.98. The number of carbonyl (C=O) groups excluding carboxylic acids is 2. The number of aromatic nitrogens is 3. The van der Waals surface area contributed by atoms with E-state index in [2.05, 4.69) is 5.10 Å². The van der Waals surface area contributed by atoms with E-state index in [0.29, 0.717) is 11.4 Å². The van der Waals surface area contributed by atoms with E-state index in [0.717, 1.165) is 37.7 Å². The molecule has 7 nitrogen and oxygen atoms in total. The lowest BCUT2D eigenvalue weighted by Crippen LogP contribution is -2.45. The van der Waals surface area contributed by atoms with Gasteiger partial charge in [-0.3, -0.25) is 14.5 Å². The highest BCUT2D eigenvalue weighted by Crippen LogP contribution is 2.41. The Morgan fingerprint density at radius 3 is 2.39 bits per heavy atom. The van der Waals surface area contributed by atoms with Crippen molar-refractivity contribution in [3.8, 4) is 11.6 Å². The lowest BCUT2D eigenvalue weighted by molar-refractivity contribution is -0.577. The Morgan fingerprint density at radius 2 is 1.75 bits per heavy atom. The first-order valence-corrected chi connectivity index (χ1v) is 12.4. The van der Waals surface area contributed by atoms with Gasteiger partial charge in [-0.2, -0.15) is 9.67 Å². The molecule has 2 aromatic heterocycles. The number of carbonyl (C=O) groups is 2. The number of amides is 2. The first kappa shape index (κ1) is 23.9. The number of benzene rings is 1. The van der Waals surface area contributed by atoms with Gasteiger partial charge in [0.25, 0.3) is 11.6 Å². The van der Waals surface area contributed by atoms with Crippen molar-refractivity contribution in [1.29, 1.82) is 0 Å². The minimum absolute atomic E-state index is 0.0863. The maximum Gasteiger partial charge on any atom is 0.327 e. The highest BCUT2D eigenvalue weighted by atomic mass is 19.1. The summed E-state index contributed by atoms with van der Waals surface area (Å²) in [5.74, 6) is -1.96. The molecule has 2 aliphatic rings. The van der Waals surface area contributed by atoms with Crippen LogP contribution in [0.3, 0.4) is 0 Å². The molecule has 0 bridgehead atoms. The molecule has 36 heavy (non-hydrogen) atoms. The Labute approximate surface area is 209 Å². The first-order chi connectivity index (χ1) is 17.3. The fourth-order valence-electron chi connectivity index (χ4n) is 5.22. The van der Waals surface area contributed by atoms with Gasteiger partial charge in [-0.15, -0.1) is 0 Å². The number of hydrogen-bond donors (Lipinski definition) is 0. The summed E-state index contributed by atoms with van der Waals surface area (Å²) in [5.41, 5.74) is 2.12. The van der Waals surface area contributed by atoms with Gasteiger partial charge in [0.2, 0.25) is 0 Å². The van der Waals surface area contributed by atoms with Crippen LogP contribution in [0.4, 0.5) is 4.39 Å². The normalized spacial score (nSPS) is 17.1. The predicted octanol–water partition coefficient (Wildman–Crippen LogP) is 3.87. The summed E-state index contributed by atoms with van der Waals surface area (Å²) in [5, 5.41) is 18.4. The quantitative estimate of drug-likeness (QED) is 0.403. The zero-order valence-electron chi connectivity index (χ0n) is 20.7. The van der Waals surface area contributed by atoms with E-state index in [-0.39, 0.29) is 34.7 Å². The number of rotatable bonds is 5. The van der Waals surface area contributed by atoms with Gasteiger partial charge in [0.1, 0.15) is 11.4 Å². The van der Waals surface area contributed by atoms with Crippen LogP contribution in [0.2, 0.25) is 0 Å². The fraction of sp³-hybridized carbons (Fsp3) is 0.357. The molecule has 0 N–H and O–H groups in total. The van der Waals surface area contributed by atoms with Crippen LogP contribution in [0.5, 0.6) is 5.88 Å². The van der Waals surface area contributed by atoms with Gasteiger partial charge in [-0.25, -0.2) is 9.07 Å². The molecule has 0 atom stereocenters. The topological polar surface area (TPSA) is 82.1 Å². The second-order valence-electron chi connectivity index (χ2n) is 9.89. The maximum absolute atomic E-state index is 14.0. The van der Waals surface area contributed by atoms with Crippen LogP contribution in [0, 0.1) is 12.7 Å². The molecule has 0 unspecified atom stereocenters. The summed E-state index contributed by atoms with van der Waals surface area (Å²) in [6, 6.07) is 8.98. The molecule has 186 valence electrons. The highest BCUT2D eigenvalue weighted by molar-refractivity contribution is 6.45. The summed E-state index contributed by atoms with van der Waals surface area (Å²) in [4.78, 5) is 29.2. The van der Waals surface area contributed by atoms with E-state index >= 15 is 0 Å². The van der Waals surface area contributed by atoms with E-state index in [9.17, 15) is 19.1 Å². The summed E-state index contributed by atoms with van der Waals surface area (Å²) >= 11 is 0. The second-order valence-corrected chi connectivity index (χ2v) is 9.89. The van der Waals surface area contributed by atoms with Gasteiger partial charge in [0.15, 0.2) is 12.4 Å². The third kappa shape index (κ3) is 4.00. The molecule has 3 aromatic rings. The zero-order valence-corrected chi connectivity index (χ0v) is 20.7. The molecule has 1 fully saturated rings. The van der Waals surface area contributed by atoms with Gasteiger partial charge in [0, 0.05) is 23.2 Å². The van der Waals surface area contributed by atoms with Crippen LogP contribution in [0.1, 0.15) is 68.7 Å². The molecule has 1 aliphatic carbocycles.